The van der Waals surface area contributed by atoms with Crippen LogP contribution in [0.3, 0.4) is 0 Å². The lowest BCUT2D eigenvalue weighted by atomic mass is 10.2. The smallest absolute Gasteiger partial charge is 0.255 e. The molecule has 4 nitrogen and oxygen atoms in total. The van der Waals surface area contributed by atoms with E-state index in [-0.39, 0.29) is 0 Å². The van der Waals surface area contributed by atoms with E-state index >= 15 is 0 Å². The molecule has 1 saturated heterocycles. The molecular formula is C8H12N2O2S. The minimum Gasteiger partial charge on any atom is -0.384 e. The molecule has 1 N–H and O–H groups in total. The summed E-state index contributed by atoms with van der Waals surface area (Å²) in [6, 6.07) is 0. The molecule has 0 bridgehead atoms. The van der Waals surface area contributed by atoms with Gasteiger partial charge in [0.25, 0.3) is 5.89 Å². The Balaban J connectivity index is 2.12. The van der Waals surface area contributed by atoms with E-state index in [1.807, 2.05) is 11.8 Å². The van der Waals surface area contributed by atoms with E-state index < -0.39 is 6.10 Å². The summed E-state index contributed by atoms with van der Waals surface area (Å²) in [5.41, 5.74) is 0. The zero-order chi connectivity index (χ0) is 9.26. The third-order valence-electron chi connectivity index (χ3n) is 2.03. The zero-order valence-corrected chi connectivity index (χ0v) is 8.25. The summed E-state index contributed by atoms with van der Waals surface area (Å²) in [4.78, 5) is 4.14. The van der Waals surface area contributed by atoms with Crippen molar-refractivity contribution in [1.29, 1.82) is 0 Å². The molecule has 1 aliphatic heterocycles. The lowest BCUT2D eigenvalue weighted by Crippen LogP contribution is -1.94. The molecule has 5 heteroatoms. The Labute approximate surface area is 80.7 Å². The Kier molecular flexibility index (Phi) is 2.55. The number of aliphatic hydroxyl groups excluding tert-OH is 1. The molecule has 72 valence electrons. The van der Waals surface area contributed by atoms with Crippen molar-refractivity contribution in [2.75, 3.05) is 5.75 Å². The Bertz CT molecular complexity index is 281. The lowest BCUT2D eigenvalue weighted by Gasteiger charge is -1.99. The summed E-state index contributed by atoms with van der Waals surface area (Å²) in [5, 5.41) is 13.4. The third-order valence-corrected chi connectivity index (χ3v) is 3.41. The molecule has 0 aromatic carbocycles. The van der Waals surface area contributed by atoms with Crippen LogP contribution >= 0.6 is 11.8 Å². The first kappa shape index (κ1) is 9.02. The highest BCUT2D eigenvalue weighted by Crippen LogP contribution is 2.38. The van der Waals surface area contributed by atoms with E-state index in [1.165, 1.54) is 12.2 Å². The summed E-state index contributed by atoms with van der Waals surface area (Å²) in [5.74, 6) is 2.23. The van der Waals surface area contributed by atoms with Crippen LogP contribution in [0.1, 0.15) is 42.8 Å². The van der Waals surface area contributed by atoms with Crippen molar-refractivity contribution in [1.82, 2.24) is 10.1 Å². The molecule has 0 spiro atoms. The molecule has 2 rings (SSSR count). The van der Waals surface area contributed by atoms with Crippen LogP contribution in [-0.2, 0) is 0 Å². The van der Waals surface area contributed by atoms with Crippen molar-refractivity contribution in [2.45, 2.75) is 31.1 Å². The Morgan fingerprint density at radius 3 is 3.08 bits per heavy atom. The standard InChI is InChI=1S/C8H12N2O2S/c1-5(11)8-9-7(10-12-8)6-3-2-4-13-6/h5-6,11H,2-4H2,1H3/t5-,6?/m0/s1. The molecule has 1 unspecified atom stereocenters. The second-order valence-electron chi connectivity index (χ2n) is 3.17. The maximum Gasteiger partial charge on any atom is 0.255 e. The molecular weight excluding hydrogens is 188 g/mol. The van der Waals surface area contributed by atoms with Crippen LogP contribution in [0.15, 0.2) is 4.52 Å². The molecule has 13 heavy (non-hydrogen) atoms. The predicted octanol–water partition coefficient (Wildman–Crippen LogP) is 1.69. The van der Waals surface area contributed by atoms with Crippen LogP contribution in [0.25, 0.3) is 0 Å². The molecule has 1 fully saturated rings. The molecule has 0 aliphatic carbocycles. The van der Waals surface area contributed by atoms with E-state index in [0.717, 1.165) is 12.2 Å². The number of rotatable bonds is 2. The second-order valence-corrected chi connectivity index (χ2v) is 4.48. The average molecular weight is 200 g/mol. The monoisotopic (exact) mass is 200 g/mol. The number of hydrogen-bond acceptors (Lipinski definition) is 5. The molecule has 0 amide bonds. The summed E-state index contributed by atoms with van der Waals surface area (Å²) in [7, 11) is 0. The molecule has 0 radical (unpaired) electrons. The number of hydrogen-bond donors (Lipinski definition) is 1. The van der Waals surface area contributed by atoms with Gasteiger partial charge in [0.1, 0.15) is 6.10 Å². The maximum atomic E-state index is 9.18. The highest BCUT2D eigenvalue weighted by atomic mass is 32.2. The van der Waals surface area contributed by atoms with Crippen molar-refractivity contribution >= 4 is 11.8 Å². The number of aliphatic hydroxyl groups is 1. The Hall–Kier alpha value is -0.550. The normalized spacial score (nSPS) is 24.9. The average Bonchev–Trinajstić information content (AvgIpc) is 2.75. The van der Waals surface area contributed by atoms with Crippen molar-refractivity contribution in [3.05, 3.63) is 11.7 Å². The van der Waals surface area contributed by atoms with Gasteiger partial charge >= 0.3 is 0 Å². The van der Waals surface area contributed by atoms with Gasteiger partial charge in [-0.25, -0.2) is 0 Å². The topological polar surface area (TPSA) is 59.2 Å². The summed E-state index contributed by atoms with van der Waals surface area (Å²) in [6.45, 7) is 1.62. The van der Waals surface area contributed by atoms with Gasteiger partial charge in [-0.3, -0.25) is 0 Å². The minimum absolute atomic E-state index is 0.322. The van der Waals surface area contributed by atoms with Gasteiger partial charge in [-0.1, -0.05) is 5.16 Å². The predicted molar refractivity (Wildman–Crippen MR) is 49.4 cm³/mol. The summed E-state index contributed by atoms with van der Waals surface area (Å²) in [6.07, 6.45) is 1.67. The van der Waals surface area contributed by atoms with Crippen molar-refractivity contribution in [3.63, 3.8) is 0 Å². The van der Waals surface area contributed by atoms with Crippen LogP contribution in [-0.4, -0.2) is 21.0 Å². The highest BCUT2D eigenvalue weighted by Gasteiger charge is 2.23. The van der Waals surface area contributed by atoms with E-state index in [4.69, 9.17) is 4.52 Å². The van der Waals surface area contributed by atoms with Crippen LogP contribution in [0, 0.1) is 0 Å². The van der Waals surface area contributed by atoms with Gasteiger partial charge < -0.3 is 9.63 Å². The maximum absolute atomic E-state index is 9.18. The van der Waals surface area contributed by atoms with Gasteiger partial charge in [0.15, 0.2) is 5.82 Å². The third kappa shape index (κ3) is 1.86. The Morgan fingerprint density at radius 2 is 2.54 bits per heavy atom. The van der Waals surface area contributed by atoms with E-state index in [2.05, 4.69) is 10.1 Å². The van der Waals surface area contributed by atoms with Crippen molar-refractivity contribution in [2.24, 2.45) is 0 Å². The summed E-state index contributed by atoms with van der Waals surface area (Å²) < 4.78 is 4.91. The van der Waals surface area contributed by atoms with E-state index in [1.54, 1.807) is 6.92 Å². The minimum atomic E-state index is -0.660. The first-order valence-electron chi connectivity index (χ1n) is 4.40. The van der Waals surface area contributed by atoms with Gasteiger partial charge in [0.05, 0.1) is 5.25 Å². The molecule has 2 atom stereocenters. The fourth-order valence-electron chi connectivity index (χ4n) is 1.33. The fraction of sp³-hybridized carbons (Fsp3) is 0.750. The molecule has 1 aromatic rings. The molecule has 1 aromatic heterocycles. The van der Waals surface area contributed by atoms with Gasteiger partial charge in [-0.2, -0.15) is 16.7 Å². The van der Waals surface area contributed by atoms with Crippen LogP contribution in [0.2, 0.25) is 0 Å². The number of aromatic nitrogens is 2. The van der Waals surface area contributed by atoms with Crippen molar-refractivity contribution in [3.8, 4) is 0 Å². The quantitative estimate of drug-likeness (QED) is 0.787. The number of thioether (sulfide) groups is 1. The van der Waals surface area contributed by atoms with Gasteiger partial charge in [-0.15, -0.1) is 0 Å². The van der Waals surface area contributed by atoms with Gasteiger partial charge in [0, 0.05) is 0 Å². The van der Waals surface area contributed by atoms with E-state index in [9.17, 15) is 5.11 Å². The molecule has 2 heterocycles. The largest absolute Gasteiger partial charge is 0.384 e. The Morgan fingerprint density at radius 1 is 1.69 bits per heavy atom. The fourth-order valence-corrected chi connectivity index (χ4v) is 2.53. The van der Waals surface area contributed by atoms with Gasteiger partial charge in [0.2, 0.25) is 0 Å². The van der Waals surface area contributed by atoms with Crippen LogP contribution < -0.4 is 0 Å². The van der Waals surface area contributed by atoms with Crippen LogP contribution in [0.5, 0.6) is 0 Å². The van der Waals surface area contributed by atoms with Gasteiger partial charge in [-0.05, 0) is 25.5 Å². The number of nitrogens with zero attached hydrogens (tertiary/aromatic N) is 2. The first-order valence-corrected chi connectivity index (χ1v) is 5.45. The molecule has 1 aliphatic rings. The molecule has 0 saturated carbocycles. The second kappa shape index (κ2) is 3.67. The first-order chi connectivity index (χ1) is 6.27. The summed E-state index contributed by atoms with van der Waals surface area (Å²) >= 11 is 1.85. The van der Waals surface area contributed by atoms with E-state index in [0.29, 0.717) is 11.1 Å². The highest BCUT2D eigenvalue weighted by molar-refractivity contribution is 7.99. The zero-order valence-electron chi connectivity index (χ0n) is 7.43. The van der Waals surface area contributed by atoms with Crippen LogP contribution in [0.4, 0.5) is 0 Å². The van der Waals surface area contributed by atoms with Crippen molar-refractivity contribution < 1.29 is 9.63 Å². The SMILES string of the molecule is C[C@H](O)c1nc(C2CCCS2)no1. The lowest BCUT2D eigenvalue weighted by molar-refractivity contribution is 0.151.